The lowest BCUT2D eigenvalue weighted by Gasteiger charge is -2.19. The molecule has 1 amide bonds. The molecule has 0 aliphatic carbocycles. The SMILES string of the molecule is C=CC(=O)NC1CC2CN(S(=O)(=O)c3ccc(OCCc4ccccc4)nc3)CC2S1. The van der Waals surface area contributed by atoms with Crippen LogP contribution in [0.15, 0.2) is 66.2 Å². The summed E-state index contributed by atoms with van der Waals surface area (Å²) in [6.45, 7) is 4.83. The number of nitrogens with one attached hydrogen (secondary N) is 1. The zero-order valence-corrected chi connectivity index (χ0v) is 18.6. The Bertz CT molecular complexity index is 1010. The van der Waals surface area contributed by atoms with E-state index in [0.29, 0.717) is 25.6 Å². The molecule has 2 aromatic rings. The quantitative estimate of drug-likeness (QED) is 0.610. The molecule has 1 aromatic heterocycles. The molecule has 9 heteroatoms. The van der Waals surface area contributed by atoms with E-state index < -0.39 is 10.0 Å². The van der Waals surface area contributed by atoms with Crippen molar-refractivity contribution in [3.63, 3.8) is 0 Å². The van der Waals surface area contributed by atoms with Crippen molar-refractivity contribution in [3.05, 3.63) is 66.9 Å². The van der Waals surface area contributed by atoms with Gasteiger partial charge in [-0.15, -0.1) is 11.8 Å². The predicted molar refractivity (Wildman–Crippen MR) is 120 cm³/mol. The minimum Gasteiger partial charge on any atom is -0.477 e. The Morgan fingerprint density at radius 1 is 1.26 bits per heavy atom. The van der Waals surface area contributed by atoms with Crippen LogP contribution in [0.4, 0.5) is 0 Å². The number of hydrogen-bond donors (Lipinski definition) is 1. The molecule has 164 valence electrons. The maximum Gasteiger partial charge on any atom is 0.244 e. The van der Waals surface area contributed by atoms with E-state index in [1.54, 1.807) is 23.9 Å². The van der Waals surface area contributed by atoms with Crippen LogP contribution < -0.4 is 10.1 Å². The van der Waals surface area contributed by atoms with Gasteiger partial charge in [0.25, 0.3) is 0 Å². The molecule has 0 radical (unpaired) electrons. The summed E-state index contributed by atoms with van der Waals surface area (Å²) in [5, 5.41) is 3.08. The van der Waals surface area contributed by atoms with Crippen LogP contribution in [0, 0.1) is 5.92 Å². The van der Waals surface area contributed by atoms with Crippen molar-refractivity contribution in [2.75, 3.05) is 19.7 Å². The second kappa shape index (κ2) is 9.42. The molecule has 3 heterocycles. The third kappa shape index (κ3) is 5.11. The Balaban J connectivity index is 1.31. The number of rotatable bonds is 8. The van der Waals surface area contributed by atoms with Crippen LogP contribution in [0.25, 0.3) is 0 Å². The lowest BCUT2D eigenvalue weighted by atomic mass is 10.1. The van der Waals surface area contributed by atoms with Crippen molar-refractivity contribution < 1.29 is 17.9 Å². The first kappa shape index (κ1) is 21.9. The maximum absolute atomic E-state index is 13.0. The Morgan fingerprint density at radius 3 is 2.74 bits per heavy atom. The third-order valence-corrected chi connectivity index (χ3v) is 8.86. The van der Waals surface area contributed by atoms with E-state index in [-0.39, 0.29) is 27.3 Å². The van der Waals surface area contributed by atoms with Gasteiger partial charge in [0, 0.05) is 30.8 Å². The van der Waals surface area contributed by atoms with Crippen molar-refractivity contribution >= 4 is 27.7 Å². The van der Waals surface area contributed by atoms with E-state index in [1.807, 2.05) is 30.3 Å². The highest BCUT2D eigenvalue weighted by molar-refractivity contribution is 8.00. The fourth-order valence-electron chi connectivity index (χ4n) is 3.90. The van der Waals surface area contributed by atoms with Crippen LogP contribution in [0.5, 0.6) is 5.88 Å². The van der Waals surface area contributed by atoms with Gasteiger partial charge in [-0.25, -0.2) is 13.4 Å². The summed E-state index contributed by atoms with van der Waals surface area (Å²) in [6.07, 6.45) is 4.13. The highest BCUT2D eigenvalue weighted by Gasteiger charge is 2.45. The van der Waals surface area contributed by atoms with Gasteiger partial charge in [-0.05, 0) is 30.0 Å². The molecule has 31 heavy (non-hydrogen) atoms. The molecule has 1 N–H and O–H groups in total. The van der Waals surface area contributed by atoms with Crippen molar-refractivity contribution in [2.45, 2.75) is 28.4 Å². The molecule has 3 atom stereocenters. The van der Waals surface area contributed by atoms with Crippen molar-refractivity contribution in [3.8, 4) is 5.88 Å². The fourth-order valence-corrected chi connectivity index (χ4v) is 7.12. The molecule has 7 nitrogen and oxygen atoms in total. The van der Waals surface area contributed by atoms with E-state index in [1.165, 1.54) is 22.1 Å². The molecular weight excluding hydrogens is 434 g/mol. The van der Waals surface area contributed by atoms with E-state index >= 15 is 0 Å². The monoisotopic (exact) mass is 459 g/mol. The Morgan fingerprint density at radius 2 is 2.06 bits per heavy atom. The molecule has 0 bridgehead atoms. The fraction of sp³-hybridized carbons (Fsp3) is 0.364. The van der Waals surface area contributed by atoms with Gasteiger partial charge >= 0.3 is 0 Å². The number of pyridine rings is 1. The smallest absolute Gasteiger partial charge is 0.244 e. The number of ether oxygens (including phenoxy) is 1. The average Bonchev–Trinajstić information content (AvgIpc) is 3.34. The van der Waals surface area contributed by atoms with Gasteiger partial charge in [-0.2, -0.15) is 4.31 Å². The number of carbonyl (C=O) groups is 1. The van der Waals surface area contributed by atoms with Crippen LogP contribution in [0.1, 0.15) is 12.0 Å². The second-order valence-corrected chi connectivity index (χ2v) is 11.0. The highest BCUT2D eigenvalue weighted by Crippen LogP contribution is 2.43. The lowest BCUT2D eigenvalue weighted by molar-refractivity contribution is -0.116. The topological polar surface area (TPSA) is 88.6 Å². The van der Waals surface area contributed by atoms with E-state index in [0.717, 1.165) is 12.8 Å². The number of benzene rings is 1. The number of thioether (sulfide) groups is 1. The molecule has 3 unspecified atom stereocenters. The van der Waals surface area contributed by atoms with Crippen molar-refractivity contribution in [1.29, 1.82) is 0 Å². The van der Waals surface area contributed by atoms with Gasteiger partial charge in [0.2, 0.25) is 21.8 Å². The molecule has 1 aromatic carbocycles. The first-order valence-corrected chi connectivity index (χ1v) is 12.6. The highest BCUT2D eigenvalue weighted by atomic mass is 32.2. The summed E-state index contributed by atoms with van der Waals surface area (Å²) in [4.78, 5) is 15.9. The summed E-state index contributed by atoms with van der Waals surface area (Å²) < 4.78 is 33.2. The first-order valence-electron chi connectivity index (χ1n) is 10.2. The summed E-state index contributed by atoms with van der Waals surface area (Å²) in [7, 11) is -3.61. The van der Waals surface area contributed by atoms with Gasteiger partial charge in [0.15, 0.2) is 0 Å². The van der Waals surface area contributed by atoms with E-state index in [4.69, 9.17) is 4.74 Å². The Kier molecular flexibility index (Phi) is 6.64. The van der Waals surface area contributed by atoms with Crippen molar-refractivity contribution in [1.82, 2.24) is 14.6 Å². The zero-order valence-electron chi connectivity index (χ0n) is 17.0. The Hall–Kier alpha value is -2.36. The van der Waals surface area contributed by atoms with Gasteiger partial charge < -0.3 is 10.1 Å². The largest absolute Gasteiger partial charge is 0.477 e. The summed E-state index contributed by atoms with van der Waals surface area (Å²) in [5.74, 6) is 0.437. The van der Waals surface area contributed by atoms with Crippen LogP contribution in [0.3, 0.4) is 0 Å². The van der Waals surface area contributed by atoms with Crippen LogP contribution in [0.2, 0.25) is 0 Å². The molecule has 0 spiro atoms. The Labute approximate surface area is 186 Å². The zero-order chi connectivity index (χ0) is 21.8. The standard InChI is InChI=1S/C22H25N3O4S2/c1-2-20(26)24-22-12-17-14-25(15-19(17)30-22)31(27,28)18-8-9-21(23-13-18)29-11-10-16-6-4-3-5-7-16/h2-9,13,17,19,22H,1,10-12,14-15H2,(H,24,26). The molecule has 4 rings (SSSR count). The number of amides is 1. The number of sulfonamides is 1. The second-order valence-electron chi connectivity index (χ2n) is 7.61. The van der Waals surface area contributed by atoms with E-state index in [2.05, 4.69) is 16.9 Å². The molecule has 2 fully saturated rings. The minimum absolute atomic E-state index is 0.0133. The predicted octanol–water partition coefficient (Wildman–Crippen LogP) is 2.46. The third-order valence-electron chi connectivity index (χ3n) is 5.52. The number of hydrogen-bond acceptors (Lipinski definition) is 6. The summed E-state index contributed by atoms with van der Waals surface area (Å²) >= 11 is 1.63. The van der Waals surface area contributed by atoms with Gasteiger partial charge in [0.05, 0.1) is 18.2 Å². The average molecular weight is 460 g/mol. The number of aromatic nitrogens is 1. The number of carbonyl (C=O) groups excluding carboxylic acids is 1. The van der Waals surface area contributed by atoms with Gasteiger partial charge in [0.1, 0.15) is 4.90 Å². The molecule has 0 saturated carbocycles. The minimum atomic E-state index is -3.61. The molecule has 2 saturated heterocycles. The first-order chi connectivity index (χ1) is 15.0. The number of nitrogens with zero attached hydrogens (tertiary/aromatic N) is 2. The normalized spacial score (nSPS) is 23.3. The van der Waals surface area contributed by atoms with Crippen LogP contribution >= 0.6 is 11.8 Å². The molecule has 2 aliphatic heterocycles. The van der Waals surface area contributed by atoms with Crippen LogP contribution in [-0.4, -0.2) is 53.9 Å². The molecule has 2 aliphatic rings. The van der Waals surface area contributed by atoms with Crippen molar-refractivity contribution in [2.24, 2.45) is 5.92 Å². The lowest BCUT2D eigenvalue weighted by Crippen LogP contribution is -2.33. The van der Waals surface area contributed by atoms with Gasteiger partial charge in [-0.1, -0.05) is 36.9 Å². The van der Waals surface area contributed by atoms with Crippen LogP contribution in [-0.2, 0) is 21.2 Å². The summed E-state index contributed by atoms with van der Waals surface area (Å²) in [5.41, 5.74) is 1.17. The maximum atomic E-state index is 13.0. The number of fused-ring (bicyclic) bond motifs is 1. The van der Waals surface area contributed by atoms with E-state index in [9.17, 15) is 13.2 Å². The summed E-state index contributed by atoms with van der Waals surface area (Å²) in [6, 6.07) is 13.2. The molecular formula is C22H25N3O4S2. The van der Waals surface area contributed by atoms with Gasteiger partial charge in [-0.3, -0.25) is 4.79 Å².